The molecule has 0 aliphatic carbocycles. The number of amides is 1. The van der Waals surface area contributed by atoms with Gasteiger partial charge in [0.1, 0.15) is 11.6 Å². The third-order valence-corrected chi connectivity index (χ3v) is 5.54. The Hall–Kier alpha value is -3.72. The highest BCUT2D eigenvalue weighted by atomic mass is 16.5. The Bertz CT molecular complexity index is 1150. The zero-order valence-electron chi connectivity index (χ0n) is 18.3. The number of aliphatic hydroxyl groups is 1. The molecule has 4 N–H and O–H groups in total. The van der Waals surface area contributed by atoms with Gasteiger partial charge in [-0.3, -0.25) is 4.79 Å². The van der Waals surface area contributed by atoms with E-state index in [4.69, 9.17) is 4.74 Å². The Morgan fingerprint density at radius 3 is 2.88 bits per heavy atom. The number of hydrogen-bond acceptors (Lipinski definition) is 8. The van der Waals surface area contributed by atoms with Crippen LogP contribution in [0.25, 0.3) is 11.3 Å². The summed E-state index contributed by atoms with van der Waals surface area (Å²) in [6.07, 6.45) is 3.44. The zero-order chi connectivity index (χ0) is 22.7. The van der Waals surface area contributed by atoms with Crippen molar-refractivity contribution in [3.63, 3.8) is 0 Å². The van der Waals surface area contributed by atoms with Crippen LogP contribution in [-0.4, -0.2) is 46.2 Å². The molecule has 9 nitrogen and oxygen atoms in total. The number of nitrogens with one attached hydrogen (secondary N) is 3. The number of rotatable bonds is 7. The Morgan fingerprint density at radius 1 is 1.28 bits per heavy atom. The van der Waals surface area contributed by atoms with Crippen molar-refractivity contribution in [1.29, 1.82) is 0 Å². The molecule has 1 aromatic carbocycles. The van der Waals surface area contributed by atoms with Crippen LogP contribution >= 0.6 is 0 Å². The van der Waals surface area contributed by atoms with Gasteiger partial charge in [-0.1, -0.05) is 13.0 Å². The minimum Gasteiger partial charge on any atom is -0.495 e. The summed E-state index contributed by atoms with van der Waals surface area (Å²) in [4.78, 5) is 24.6. The Balaban J connectivity index is 1.58. The minimum atomic E-state index is -0.376. The third kappa shape index (κ3) is 4.33. The second-order valence-corrected chi connectivity index (χ2v) is 8.03. The largest absolute Gasteiger partial charge is 0.495 e. The molecule has 3 aromatic rings. The molecule has 32 heavy (non-hydrogen) atoms. The van der Waals surface area contributed by atoms with Crippen LogP contribution in [0.3, 0.4) is 0 Å². The number of pyridine rings is 1. The number of nitrogens with zero attached hydrogens (tertiary/aromatic N) is 3. The predicted molar refractivity (Wildman–Crippen MR) is 122 cm³/mol. The fraction of sp³-hybridized carbons (Fsp3) is 0.304. The van der Waals surface area contributed by atoms with Crippen LogP contribution in [0.4, 0.5) is 17.5 Å². The lowest BCUT2D eigenvalue weighted by Gasteiger charge is -2.20. The molecule has 0 bridgehead atoms. The zero-order valence-corrected chi connectivity index (χ0v) is 18.3. The molecule has 2 aromatic heterocycles. The lowest BCUT2D eigenvalue weighted by atomic mass is 9.85. The second-order valence-electron chi connectivity index (χ2n) is 8.03. The molecule has 0 spiro atoms. The van der Waals surface area contributed by atoms with Gasteiger partial charge in [0.05, 0.1) is 25.1 Å². The Kier molecular flexibility index (Phi) is 5.91. The standard InChI is InChI=1S/C23H26N6O3/c1-14(31)25-10-15-4-5-19(20(8-15)32-3)29-22-24-7-6-18(28-22)16-9-17-21(26-11-16)27-12-23(17,2)13-30/h4-9,11,30H,10,12-13H2,1-3H3,(H,25,31)(H,26,27)(H,24,28,29). The third-order valence-electron chi connectivity index (χ3n) is 5.54. The maximum atomic E-state index is 11.2. The molecule has 1 aliphatic heterocycles. The second kappa shape index (κ2) is 8.80. The van der Waals surface area contributed by atoms with Gasteiger partial charge in [0.2, 0.25) is 11.9 Å². The summed E-state index contributed by atoms with van der Waals surface area (Å²) in [5, 5.41) is 19.0. The molecule has 4 rings (SSSR count). The highest BCUT2D eigenvalue weighted by molar-refractivity contribution is 5.73. The van der Waals surface area contributed by atoms with Crippen molar-refractivity contribution in [3.05, 3.63) is 53.9 Å². The van der Waals surface area contributed by atoms with Crippen LogP contribution in [0.2, 0.25) is 0 Å². The Morgan fingerprint density at radius 2 is 2.12 bits per heavy atom. The summed E-state index contributed by atoms with van der Waals surface area (Å²) in [6, 6.07) is 9.46. The summed E-state index contributed by atoms with van der Waals surface area (Å²) in [6.45, 7) is 4.59. The van der Waals surface area contributed by atoms with Crippen LogP contribution in [0, 0.1) is 0 Å². The lowest BCUT2D eigenvalue weighted by Crippen LogP contribution is -2.28. The molecule has 0 saturated heterocycles. The van der Waals surface area contributed by atoms with Gasteiger partial charge in [-0.05, 0) is 29.8 Å². The summed E-state index contributed by atoms with van der Waals surface area (Å²) >= 11 is 0. The number of aliphatic hydroxyl groups excluding tert-OH is 1. The fourth-order valence-corrected chi connectivity index (χ4v) is 3.60. The van der Waals surface area contributed by atoms with E-state index in [0.29, 0.717) is 36.2 Å². The quantitative estimate of drug-likeness (QED) is 0.448. The molecule has 1 aliphatic rings. The van der Waals surface area contributed by atoms with Gasteiger partial charge >= 0.3 is 0 Å². The number of aromatic nitrogens is 3. The molecular formula is C23H26N6O3. The average molecular weight is 435 g/mol. The van der Waals surface area contributed by atoms with Gasteiger partial charge in [-0.2, -0.15) is 0 Å². The van der Waals surface area contributed by atoms with Crippen molar-refractivity contribution >= 4 is 23.4 Å². The first-order valence-electron chi connectivity index (χ1n) is 10.3. The van der Waals surface area contributed by atoms with Crippen LogP contribution in [0.1, 0.15) is 25.0 Å². The van der Waals surface area contributed by atoms with E-state index in [1.54, 1.807) is 19.5 Å². The van der Waals surface area contributed by atoms with E-state index in [9.17, 15) is 9.90 Å². The van der Waals surface area contributed by atoms with E-state index in [1.807, 2.05) is 37.3 Å². The molecule has 0 fully saturated rings. The van der Waals surface area contributed by atoms with E-state index >= 15 is 0 Å². The Labute approximate surface area is 186 Å². The maximum absolute atomic E-state index is 11.2. The topological polar surface area (TPSA) is 121 Å². The highest BCUT2D eigenvalue weighted by Crippen LogP contribution is 2.37. The number of carbonyl (C=O) groups excluding carboxylic acids is 1. The first-order valence-corrected chi connectivity index (χ1v) is 10.3. The summed E-state index contributed by atoms with van der Waals surface area (Å²) in [5.74, 6) is 1.74. The number of fused-ring (bicyclic) bond motifs is 1. The molecule has 1 amide bonds. The van der Waals surface area contributed by atoms with Gasteiger partial charge in [0.25, 0.3) is 0 Å². The molecule has 1 unspecified atom stereocenters. The molecule has 0 radical (unpaired) electrons. The van der Waals surface area contributed by atoms with Crippen molar-refractivity contribution in [2.75, 3.05) is 30.9 Å². The minimum absolute atomic E-state index is 0.0342. The number of anilines is 3. The number of benzene rings is 1. The van der Waals surface area contributed by atoms with Crippen molar-refractivity contribution < 1.29 is 14.6 Å². The molecule has 3 heterocycles. The summed E-state index contributed by atoms with van der Waals surface area (Å²) < 4.78 is 5.49. The first kappa shape index (κ1) is 21.5. The molecule has 1 atom stereocenters. The van der Waals surface area contributed by atoms with E-state index in [2.05, 4.69) is 30.9 Å². The van der Waals surface area contributed by atoms with Gasteiger partial charge < -0.3 is 25.8 Å². The van der Waals surface area contributed by atoms with Crippen molar-refractivity contribution in [2.24, 2.45) is 0 Å². The summed E-state index contributed by atoms with van der Waals surface area (Å²) in [7, 11) is 1.59. The normalized spacial score (nSPS) is 16.8. The SMILES string of the molecule is COc1cc(CNC(C)=O)ccc1Nc1nccc(-c2cnc3c(c2)C(C)(CO)CN3)n1. The lowest BCUT2D eigenvalue weighted by molar-refractivity contribution is -0.119. The van der Waals surface area contributed by atoms with Crippen molar-refractivity contribution in [1.82, 2.24) is 20.3 Å². The van der Waals surface area contributed by atoms with Crippen LogP contribution < -0.4 is 20.7 Å². The van der Waals surface area contributed by atoms with Gasteiger partial charge in [-0.15, -0.1) is 0 Å². The average Bonchev–Trinajstić information content (AvgIpc) is 3.15. The van der Waals surface area contributed by atoms with E-state index in [0.717, 1.165) is 22.5 Å². The number of methoxy groups -OCH3 is 1. The van der Waals surface area contributed by atoms with Crippen LogP contribution in [0.5, 0.6) is 5.75 Å². The van der Waals surface area contributed by atoms with E-state index < -0.39 is 0 Å². The number of carbonyl (C=O) groups is 1. The monoisotopic (exact) mass is 434 g/mol. The van der Waals surface area contributed by atoms with Gasteiger partial charge in [-0.25, -0.2) is 15.0 Å². The first-order chi connectivity index (χ1) is 15.4. The summed E-state index contributed by atoms with van der Waals surface area (Å²) in [5.41, 5.74) is 3.78. The molecule has 166 valence electrons. The highest BCUT2D eigenvalue weighted by Gasteiger charge is 2.35. The van der Waals surface area contributed by atoms with Crippen molar-refractivity contribution in [3.8, 4) is 17.0 Å². The number of hydrogen-bond donors (Lipinski definition) is 4. The van der Waals surface area contributed by atoms with E-state index in [-0.39, 0.29) is 17.9 Å². The van der Waals surface area contributed by atoms with Gasteiger partial charge in [0, 0.05) is 48.9 Å². The van der Waals surface area contributed by atoms with Gasteiger partial charge in [0.15, 0.2) is 0 Å². The maximum Gasteiger partial charge on any atom is 0.227 e. The fourth-order valence-electron chi connectivity index (χ4n) is 3.60. The molecular weight excluding hydrogens is 408 g/mol. The van der Waals surface area contributed by atoms with Crippen molar-refractivity contribution in [2.45, 2.75) is 25.8 Å². The molecule has 9 heteroatoms. The van der Waals surface area contributed by atoms with Crippen LogP contribution in [-0.2, 0) is 16.8 Å². The van der Waals surface area contributed by atoms with Crippen LogP contribution in [0.15, 0.2) is 42.7 Å². The predicted octanol–water partition coefficient (Wildman–Crippen LogP) is 2.60. The number of ether oxygens (including phenoxy) is 1. The van der Waals surface area contributed by atoms with E-state index in [1.165, 1.54) is 6.92 Å². The molecule has 0 saturated carbocycles. The smallest absolute Gasteiger partial charge is 0.227 e.